The quantitative estimate of drug-likeness (QED) is 0.512. The van der Waals surface area contributed by atoms with E-state index in [4.69, 9.17) is 0 Å². The van der Waals surface area contributed by atoms with E-state index in [2.05, 4.69) is 20.9 Å². The highest BCUT2D eigenvalue weighted by Crippen LogP contribution is 2.32. The van der Waals surface area contributed by atoms with E-state index in [9.17, 15) is 27.6 Å². The Morgan fingerprint density at radius 1 is 1.12 bits per heavy atom. The van der Waals surface area contributed by atoms with Gasteiger partial charge in [0.25, 0.3) is 11.8 Å². The molecule has 33 heavy (non-hydrogen) atoms. The summed E-state index contributed by atoms with van der Waals surface area (Å²) in [4.78, 5) is 41.5. The van der Waals surface area contributed by atoms with Crippen LogP contribution in [0.25, 0.3) is 11.1 Å². The number of halogens is 3. The Morgan fingerprint density at radius 3 is 2.39 bits per heavy atom. The summed E-state index contributed by atoms with van der Waals surface area (Å²) in [6, 6.07) is 10.2. The number of carbonyl (C=O) groups is 3. The smallest absolute Gasteiger partial charge is 0.349 e. The van der Waals surface area contributed by atoms with Crippen LogP contribution < -0.4 is 16.0 Å². The number of rotatable bonds is 5. The zero-order valence-corrected chi connectivity index (χ0v) is 17.2. The molecule has 0 saturated carbocycles. The molecule has 1 atom stereocenters. The second-order valence-corrected chi connectivity index (χ2v) is 7.51. The van der Waals surface area contributed by atoms with Gasteiger partial charge in [-0.25, -0.2) is 9.78 Å². The van der Waals surface area contributed by atoms with Gasteiger partial charge in [-0.15, -0.1) is 0 Å². The van der Waals surface area contributed by atoms with Crippen molar-refractivity contribution in [3.05, 3.63) is 77.9 Å². The number of hydrogen-bond donors (Lipinski definition) is 3. The van der Waals surface area contributed by atoms with Crippen LogP contribution in [0, 0.1) is 0 Å². The number of imide groups is 1. The molecule has 1 saturated heterocycles. The number of amides is 4. The van der Waals surface area contributed by atoms with E-state index in [1.54, 1.807) is 29.8 Å². The summed E-state index contributed by atoms with van der Waals surface area (Å²) in [6.45, 7) is -0.274. The van der Waals surface area contributed by atoms with Gasteiger partial charge >= 0.3 is 12.2 Å². The van der Waals surface area contributed by atoms with Crippen molar-refractivity contribution in [2.75, 3.05) is 6.54 Å². The van der Waals surface area contributed by atoms with Crippen molar-refractivity contribution in [3.8, 4) is 11.1 Å². The molecule has 3 aromatic rings. The zero-order chi connectivity index (χ0) is 23.8. The number of alkyl halides is 3. The maximum atomic E-state index is 13.0. The normalized spacial score (nSPS) is 18.1. The number of nitrogens with one attached hydrogen (secondary N) is 3. The number of aromatic nitrogens is 2. The molecule has 1 aromatic heterocycles. The fourth-order valence-corrected chi connectivity index (χ4v) is 3.74. The fourth-order valence-electron chi connectivity index (χ4n) is 3.74. The molecule has 1 fully saturated rings. The lowest BCUT2D eigenvalue weighted by Crippen LogP contribution is -2.53. The van der Waals surface area contributed by atoms with Crippen molar-refractivity contribution >= 4 is 17.8 Å². The van der Waals surface area contributed by atoms with E-state index in [1.807, 2.05) is 0 Å². The average Bonchev–Trinajstić information content (AvgIpc) is 3.34. The molecule has 2 aromatic carbocycles. The van der Waals surface area contributed by atoms with Gasteiger partial charge in [0, 0.05) is 12.6 Å². The molecule has 1 aliphatic rings. The van der Waals surface area contributed by atoms with Crippen LogP contribution in [-0.2, 0) is 23.6 Å². The van der Waals surface area contributed by atoms with Crippen LogP contribution >= 0.6 is 0 Å². The molecule has 0 bridgehead atoms. The van der Waals surface area contributed by atoms with Gasteiger partial charge in [0.05, 0.1) is 30.3 Å². The summed E-state index contributed by atoms with van der Waals surface area (Å²) >= 11 is 0. The lowest BCUT2D eigenvalue weighted by molar-refractivity contribution is -0.137. The van der Waals surface area contributed by atoms with E-state index < -0.39 is 35.1 Å². The standard InChI is InChI=1S/C22H18F3N5O3/c1-30-12-26-10-17(30)21(19(32)28-20(33)29-21)11-27-18(31)16-5-3-2-4-15(16)13-6-8-14(9-7-13)22(23,24)25/h2-10,12H,11H2,1H3,(H,27,31)(H2,28,29,32,33)/t21-/m1/s1. The molecule has 0 radical (unpaired) electrons. The number of aryl methyl sites for hydroxylation is 1. The summed E-state index contributed by atoms with van der Waals surface area (Å²) in [5.41, 5.74) is -0.972. The van der Waals surface area contributed by atoms with Gasteiger partial charge in [0.15, 0.2) is 5.54 Å². The Labute approximate surface area is 185 Å². The van der Waals surface area contributed by atoms with Crippen LogP contribution in [0.1, 0.15) is 21.6 Å². The van der Waals surface area contributed by atoms with E-state index in [0.29, 0.717) is 16.8 Å². The Hall–Kier alpha value is -4.15. The van der Waals surface area contributed by atoms with E-state index >= 15 is 0 Å². The van der Waals surface area contributed by atoms with Gasteiger partial charge in [-0.2, -0.15) is 13.2 Å². The van der Waals surface area contributed by atoms with E-state index in [-0.39, 0.29) is 12.1 Å². The summed E-state index contributed by atoms with van der Waals surface area (Å²) in [7, 11) is 1.64. The first-order valence-corrected chi connectivity index (χ1v) is 9.77. The summed E-state index contributed by atoms with van der Waals surface area (Å²) in [6.07, 6.45) is -1.61. The topological polar surface area (TPSA) is 105 Å². The number of carbonyl (C=O) groups excluding carboxylic acids is 3. The van der Waals surface area contributed by atoms with E-state index in [1.165, 1.54) is 30.7 Å². The minimum atomic E-state index is -4.47. The predicted molar refractivity (Wildman–Crippen MR) is 111 cm³/mol. The molecular formula is C22H18F3N5O3. The first-order valence-electron chi connectivity index (χ1n) is 9.77. The molecular weight excluding hydrogens is 439 g/mol. The zero-order valence-electron chi connectivity index (χ0n) is 17.2. The lowest BCUT2D eigenvalue weighted by atomic mass is 9.94. The third kappa shape index (κ3) is 4.04. The minimum Gasteiger partial charge on any atom is -0.349 e. The van der Waals surface area contributed by atoms with Gasteiger partial charge in [-0.1, -0.05) is 30.3 Å². The van der Waals surface area contributed by atoms with Crippen LogP contribution in [0.3, 0.4) is 0 Å². The maximum Gasteiger partial charge on any atom is 0.416 e. The number of imidazole rings is 1. The molecule has 170 valence electrons. The molecule has 4 rings (SSSR count). The number of benzene rings is 2. The average molecular weight is 457 g/mol. The Kier molecular flexibility index (Phi) is 5.40. The van der Waals surface area contributed by atoms with Crippen molar-refractivity contribution < 1.29 is 27.6 Å². The Bertz CT molecular complexity index is 1240. The van der Waals surface area contributed by atoms with Crippen LogP contribution in [0.15, 0.2) is 61.1 Å². The molecule has 0 aliphatic carbocycles. The molecule has 8 nitrogen and oxygen atoms in total. The Morgan fingerprint density at radius 2 is 1.82 bits per heavy atom. The van der Waals surface area contributed by atoms with Crippen LogP contribution in [0.4, 0.5) is 18.0 Å². The number of urea groups is 1. The molecule has 2 heterocycles. The molecule has 1 aliphatic heterocycles. The Balaban J connectivity index is 1.61. The fraction of sp³-hybridized carbons (Fsp3) is 0.182. The molecule has 3 N–H and O–H groups in total. The first-order chi connectivity index (χ1) is 15.6. The van der Waals surface area contributed by atoms with Crippen molar-refractivity contribution in [2.24, 2.45) is 7.05 Å². The summed E-state index contributed by atoms with van der Waals surface area (Å²) in [5, 5.41) is 7.38. The second-order valence-electron chi connectivity index (χ2n) is 7.51. The van der Waals surface area contributed by atoms with Crippen LogP contribution in [-0.4, -0.2) is 33.9 Å². The van der Waals surface area contributed by atoms with Crippen molar-refractivity contribution in [1.82, 2.24) is 25.5 Å². The van der Waals surface area contributed by atoms with Crippen LogP contribution in [0.2, 0.25) is 0 Å². The highest BCUT2D eigenvalue weighted by atomic mass is 19.4. The van der Waals surface area contributed by atoms with Gasteiger partial charge in [0.2, 0.25) is 0 Å². The van der Waals surface area contributed by atoms with Gasteiger partial charge in [0.1, 0.15) is 0 Å². The third-order valence-electron chi connectivity index (χ3n) is 5.40. The van der Waals surface area contributed by atoms with Crippen molar-refractivity contribution in [1.29, 1.82) is 0 Å². The number of nitrogens with zero attached hydrogens (tertiary/aromatic N) is 2. The predicted octanol–water partition coefficient (Wildman–Crippen LogP) is 2.57. The molecule has 4 amide bonds. The SMILES string of the molecule is Cn1cncc1[C@@]1(CNC(=O)c2ccccc2-c2ccc(C(F)(F)F)cc2)NC(=O)NC1=O. The highest BCUT2D eigenvalue weighted by Gasteiger charge is 2.49. The van der Waals surface area contributed by atoms with Gasteiger partial charge < -0.3 is 15.2 Å². The molecule has 0 unspecified atom stereocenters. The van der Waals surface area contributed by atoms with Gasteiger partial charge in [-0.3, -0.25) is 14.9 Å². The van der Waals surface area contributed by atoms with Gasteiger partial charge in [-0.05, 0) is 29.3 Å². The maximum absolute atomic E-state index is 13.0. The molecule has 0 spiro atoms. The highest BCUT2D eigenvalue weighted by molar-refractivity contribution is 6.08. The van der Waals surface area contributed by atoms with Crippen molar-refractivity contribution in [2.45, 2.75) is 11.7 Å². The third-order valence-corrected chi connectivity index (χ3v) is 5.40. The summed E-state index contributed by atoms with van der Waals surface area (Å²) in [5.74, 6) is -1.21. The second kappa shape index (κ2) is 8.08. The largest absolute Gasteiger partial charge is 0.416 e. The summed E-state index contributed by atoms with van der Waals surface area (Å²) < 4.78 is 40.2. The van der Waals surface area contributed by atoms with Crippen LogP contribution in [0.5, 0.6) is 0 Å². The van der Waals surface area contributed by atoms with E-state index in [0.717, 1.165) is 12.1 Å². The first kappa shape index (κ1) is 22.1. The van der Waals surface area contributed by atoms with Crippen molar-refractivity contribution in [3.63, 3.8) is 0 Å². The minimum absolute atomic E-state index is 0.196. The number of hydrogen-bond acceptors (Lipinski definition) is 4. The monoisotopic (exact) mass is 457 g/mol. The lowest BCUT2D eigenvalue weighted by Gasteiger charge is -2.26. The molecule has 11 heteroatoms.